The fraction of sp³-hybridized carbons (Fsp3) is 0.273. The van der Waals surface area contributed by atoms with E-state index < -0.39 is 0 Å². The second-order valence-electron chi connectivity index (χ2n) is 3.24. The molecule has 0 bridgehead atoms. The normalized spacial score (nSPS) is 21.6. The van der Waals surface area contributed by atoms with E-state index in [0.29, 0.717) is 6.04 Å². The lowest BCUT2D eigenvalue weighted by Gasteiger charge is -2.17. The number of hydrogen-bond donors (Lipinski definition) is 1. The lowest BCUT2D eigenvalue weighted by molar-refractivity contribution is 0.332. The molecule has 0 spiro atoms. The largest absolute Gasteiger partial charge is 0.392 e. The molecule has 13 heavy (non-hydrogen) atoms. The third-order valence-electron chi connectivity index (χ3n) is 2.31. The summed E-state index contributed by atoms with van der Waals surface area (Å²) in [6.07, 6.45) is 11.3. The summed E-state index contributed by atoms with van der Waals surface area (Å²) in [5, 5.41) is 8.98. The molecular formula is C11H13NO. The average Bonchev–Trinajstić information content (AvgIpc) is 2.71. The van der Waals surface area contributed by atoms with Gasteiger partial charge >= 0.3 is 0 Å². The highest BCUT2D eigenvalue weighted by molar-refractivity contribution is 5.25. The SMILES string of the molecule is OCC1=CC(n2cccc2)CC=C1. The van der Waals surface area contributed by atoms with E-state index in [0.717, 1.165) is 12.0 Å². The van der Waals surface area contributed by atoms with Crippen LogP contribution in [0.15, 0.2) is 48.3 Å². The van der Waals surface area contributed by atoms with E-state index in [2.05, 4.69) is 29.1 Å². The van der Waals surface area contributed by atoms with Crippen LogP contribution in [0.1, 0.15) is 12.5 Å². The number of rotatable bonds is 2. The molecule has 0 saturated carbocycles. The molecule has 1 unspecified atom stereocenters. The van der Waals surface area contributed by atoms with Crippen LogP contribution in [0.4, 0.5) is 0 Å². The van der Waals surface area contributed by atoms with Crippen LogP contribution in [-0.2, 0) is 0 Å². The first-order chi connectivity index (χ1) is 6.40. The van der Waals surface area contributed by atoms with E-state index in [4.69, 9.17) is 5.11 Å². The van der Waals surface area contributed by atoms with Crippen LogP contribution < -0.4 is 0 Å². The lowest BCUT2D eigenvalue weighted by atomic mass is 10.0. The van der Waals surface area contributed by atoms with E-state index in [1.807, 2.05) is 18.2 Å². The van der Waals surface area contributed by atoms with E-state index in [-0.39, 0.29) is 6.61 Å². The van der Waals surface area contributed by atoms with Crippen LogP contribution in [-0.4, -0.2) is 16.3 Å². The summed E-state index contributed by atoms with van der Waals surface area (Å²) in [4.78, 5) is 0. The molecule has 0 aromatic carbocycles. The minimum Gasteiger partial charge on any atom is -0.392 e. The van der Waals surface area contributed by atoms with Gasteiger partial charge in [0, 0.05) is 12.4 Å². The standard InChI is InChI=1S/C11H13NO/c13-9-10-4-3-5-11(8-10)12-6-1-2-7-12/h1-4,6-8,11,13H,5,9H2. The lowest BCUT2D eigenvalue weighted by Crippen LogP contribution is -2.07. The van der Waals surface area contributed by atoms with Crippen molar-refractivity contribution in [1.82, 2.24) is 4.57 Å². The van der Waals surface area contributed by atoms with E-state index >= 15 is 0 Å². The molecule has 1 aromatic rings. The van der Waals surface area contributed by atoms with Crippen LogP contribution in [0.2, 0.25) is 0 Å². The Bertz CT molecular complexity index is 322. The molecule has 2 rings (SSSR count). The fourth-order valence-corrected chi connectivity index (χ4v) is 1.61. The Labute approximate surface area is 77.8 Å². The number of aliphatic hydroxyl groups is 1. The van der Waals surface area contributed by atoms with Gasteiger partial charge in [0.05, 0.1) is 12.6 Å². The molecule has 2 nitrogen and oxygen atoms in total. The minimum atomic E-state index is 0.133. The predicted octanol–water partition coefficient (Wildman–Crippen LogP) is 1.91. The summed E-state index contributed by atoms with van der Waals surface area (Å²) in [5.74, 6) is 0. The van der Waals surface area contributed by atoms with Gasteiger partial charge in [0.1, 0.15) is 0 Å². The van der Waals surface area contributed by atoms with Crippen LogP contribution in [0, 0.1) is 0 Å². The van der Waals surface area contributed by atoms with Crippen LogP contribution in [0.25, 0.3) is 0 Å². The van der Waals surface area contributed by atoms with E-state index in [1.165, 1.54) is 0 Å². The maximum atomic E-state index is 8.98. The third kappa shape index (κ3) is 1.73. The zero-order valence-corrected chi connectivity index (χ0v) is 7.43. The molecule has 1 heterocycles. The van der Waals surface area contributed by atoms with Gasteiger partial charge in [0.15, 0.2) is 0 Å². The van der Waals surface area contributed by atoms with Crippen LogP contribution >= 0.6 is 0 Å². The third-order valence-corrected chi connectivity index (χ3v) is 2.31. The second kappa shape index (κ2) is 3.62. The van der Waals surface area contributed by atoms with Gasteiger partial charge in [-0.3, -0.25) is 0 Å². The average molecular weight is 175 g/mol. The van der Waals surface area contributed by atoms with Gasteiger partial charge in [-0.2, -0.15) is 0 Å². The highest BCUT2D eigenvalue weighted by atomic mass is 16.3. The summed E-state index contributed by atoms with van der Waals surface area (Å²) < 4.78 is 2.15. The number of aromatic nitrogens is 1. The quantitative estimate of drug-likeness (QED) is 0.729. The van der Waals surface area contributed by atoms with E-state index in [9.17, 15) is 0 Å². The first kappa shape index (κ1) is 8.32. The Morgan fingerprint density at radius 2 is 2.15 bits per heavy atom. The molecule has 0 amide bonds. The number of aliphatic hydroxyl groups excluding tert-OH is 1. The number of nitrogens with zero attached hydrogens (tertiary/aromatic N) is 1. The summed E-state index contributed by atoms with van der Waals surface area (Å²) >= 11 is 0. The van der Waals surface area contributed by atoms with Gasteiger partial charge in [-0.05, 0) is 24.1 Å². The monoisotopic (exact) mass is 175 g/mol. The summed E-state index contributed by atoms with van der Waals surface area (Å²) in [6, 6.07) is 4.41. The highest BCUT2D eigenvalue weighted by Crippen LogP contribution is 2.21. The number of hydrogen-bond acceptors (Lipinski definition) is 1. The zero-order chi connectivity index (χ0) is 9.10. The first-order valence-electron chi connectivity index (χ1n) is 4.50. The molecular weight excluding hydrogens is 162 g/mol. The Morgan fingerprint density at radius 1 is 1.38 bits per heavy atom. The second-order valence-corrected chi connectivity index (χ2v) is 3.24. The van der Waals surface area contributed by atoms with Crippen molar-refractivity contribution in [2.24, 2.45) is 0 Å². The molecule has 1 aliphatic rings. The van der Waals surface area contributed by atoms with Gasteiger partial charge < -0.3 is 9.67 Å². The van der Waals surface area contributed by atoms with Gasteiger partial charge in [-0.25, -0.2) is 0 Å². The van der Waals surface area contributed by atoms with Gasteiger partial charge in [0.2, 0.25) is 0 Å². The molecule has 1 aromatic heterocycles. The van der Waals surface area contributed by atoms with Crippen molar-refractivity contribution in [1.29, 1.82) is 0 Å². The minimum absolute atomic E-state index is 0.133. The molecule has 0 radical (unpaired) electrons. The van der Waals surface area contributed by atoms with Crippen molar-refractivity contribution in [2.45, 2.75) is 12.5 Å². The van der Waals surface area contributed by atoms with Crippen molar-refractivity contribution in [3.8, 4) is 0 Å². The summed E-state index contributed by atoms with van der Waals surface area (Å²) in [5.41, 5.74) is 1.00. The zero-order valence-electron chi connectivity index (χ0n) is 7.43. The molecule has 1 atom stereocenters. The number of allylic oxidation sites excluding steroid dienone is 2. The molecule has 0 fully saturated rings. The molecule has 0 saturated heterocycles. The van der Waals surface area contributed by atoms with Crippen LogP contribution in [0.3, 0.4) is 0 Å². The van der Waals surface area contributed by atoms with Crippen molar-refractivity contribution in [2.75, 3.05) is 6.61 Å². The fourth-order valence-electron chi connectivity index (χ4n) is 1.61. The maximum absolute atomic E-state index is 8.98. The van der Waals surface area contributed by atoms with E-state index in [1.54, 1.807) is 0 Å². The Balaban J connectivity index is 2.19. The maximum Gasteiger partial charge on any atom is 0.0679 e. The Hall–Kier alpha value is -1.28. The molecule has 1 N–H and O–H groups in total. The molecule has 68 valence electrons. The van der Waals surface area contributed by atoms with Gasteiger partial charge in [-0.15, -0.1) is 0 Å². The van der Waals surface area contributed by atoms with Crippen LogP contribution in [0.5, 0.6) is 0 Å². The van der Waals surface area contributed by atoms with Crippen molar-refractivity contribution < 1.29 is 5.11 Å². The van der Waals surface area contributed by atoms with Gasteiger partial charge in [-0.1, -0.05) is 18.2 Å². The first-order valence-corrected chi connectivity index (χ1v) is 4.50. The summed E-state index contributed by atoms with van der Waals surface area (Å²) in [7, 11) is 0. The molecule has 0 aliphatic heterocycles. The van der Waals surface area contributed by atoms with Crippen molar-refractivity contribution in [3.63, 3.8) is 0 Å². The summed E-state index contributed by atoms with van der Waals surface area (Å²) in [6.45, 7) is 0.133. The van der Waals surface area contributed by atoms with Crippen molar-refractivity contribution >= 4 is 0 Å². The molecule has 2 heteroatoms. The smallest absolute Gasteiger partial charge is 0.0679 e. The Morgan fingerprint density at radius 3 is 2.85 bits per heavy atom. The predicted molar refractivity (Wildman–Crippen MR) is 52.4 cm³/mol. The Kier molecular flexibility index (Phi) is 2.32. The van der Waals surface area contributed by atoms with Gasteiger partial charge in [0.25, 0.3) is 0 Å². The highest BCUT2D eigenvalue weighted by Gasteiger charge is 2.08. The molecule has 1 aliphatic carbocycles. The van der Waals surface area contributed by atoms with Crippen molar-refractivity contribution in [3.05, 3.63) is 48.3 Å². The topological polar surface area (TPSA) is 25.2 Å².